The van der Waals surface area contributed by atoms with Gasteiger partial charge < -0.3 is 19.7 Å². The second kappa shape index (κ2) is 9.56. The van der Waals surface area contributed by atoms with Crippen molar-refractivity contribution in [3.8, 4) is 0 Å². The van der Waals surface area contributed by atoms with Gasteiger partial charge in [0.1, 0.15) is 6.54 Å². The Morgan fingerprint density at radius 1 is 1.17 bits per heavy atom. The first-order chi connectivity index (χ1) is 14.3. The van der Waals surface area contributed by atoms with Crippen LogP contribution in [0.15, 0.2) is 42.6 Å². The van der Waals surface area contributed by atoms with Crippen molar-refractivity contribution in [2.24, 2.45) is 5.92 Å². The number of halogens is 1. The molecule has 0 unspecified atom stereocenters. The average Bonchev–Trinajstić information content (AvgIpc) is 3.14. The van der Waals surface area contributed by atoms with Crippen LogP contribution < -0.4 is 5.32 Å². The van der Waals surface area contributed by atoms with Gasteiger partial charge in [0, 0.05) is 42.6 Å². The van der Waals surface area contributed by atoms with Crippen LogP contribution in [0, 0.1) is 5.92 Å². The Balaban J connectivity index is 1.87. The largest absolute Gasteiger partial charge is 0.348 e. The molecule has 1 aromatic heterocycles. The third kappa shape index (κ3) is 5.17. The predicted molar refractivity (Wildman–Crippen MR) is 120 cm³/mol. The zero-order valence-electron chi connectivity index (χ0n) is 18.1. The molecular formula is C23H31ClN4O2. The maximum Gasteiger partial charge on any atom is 0.318 e. The number of fused-ring (bicyclic) bond motifs is 1. The minimum absolute atomic E-state index is 0.0136. The van der Waals surface area contributed by atoms with Gasteiger partial charge in [0.15, 0.2) is 0 Å². The Kier molecular flexibility index (Phi) is 7.08. The second-order valence-corrected chi connectivity index (χ2v) is 8.99. The smallest absolute Gasteiger partial charge is 0.318 e. The van der Waals surface area contributed by atoms with E-state index in [4.69, 9.17) is 11.6 Å². The number of hydrogen-bond donors (Lipinski definition) is 1. The summed E-state index contributed by atoms with van der Waals surface area (Å²) in [5.41, 5.74) is 2.02. The van der Waals surface area contributed by atoms with Crippen molar-refractivity contribution in [3.63, 3.8) is 0 Å². The summed E-state index contributed by atoms with van der Waals surface area (Å²) in [6, 6.07) is 11.3. The van der Waals surface area contributed by atoms with Crippen molar-refractivity contribution in [1.29, 1.82) is 0 Å². The van der Waals surface area contributed by atoms with Gasteiger partial charge >= 0.3 is 6.03 Å². The van der Waals surface area contributed by atoms with Gasteiger partial charge in [-0.05, 0) is 49.6 Å². The van der Waals surface area contributed by atoms with E-state index in [1.165, 1.54) is 0 Å². The first-order valence-corrected chi connectivity index (χ1v) is 10.9. The van der Waals surface area contributed by atoms with Crippen molar-refractivity contribution in [2.45, 2.75) is 46.3 Å². The lowest BCUT2D eigenvalue weighted by molar-refractivity contribution is -0.134. The number of amides is 3. The maximum absolute atomic E-state index is 13.4. The molecule has 1 N–H and O–H groups in total. The van der Waals surface area contributed by atoms with Crippen molar-refractivity contribution in [1.82, 2.24) is 19.7 Å². The number of hydrogen-bond acceptors (Lipinski definition) is 2. The number of carbonyl (C=O) groups is 2. The Bertz CT molecular complexity index is 893. The standard InChI is InChI=1S/C23H31ClN4O2/c1-16(2)14-27(23(30)25-17(3)4)15-21(29)28-12-11-26-10-6-9-20(26)22(28)18-7-5-8-19(24)13-18/h5-10,13,16-17,22H,11-12,14-15H2,1-4H3,(H,25,30)/t22-/m0/s1. The number of benzene rings is 1. The van der Waals surface area contributed by atoms with Gasteiger partial charge in [-0.3, -0.25) is 4.79 Å². The van der Waals surface area contributed by atoms with Gasteiger partial charge in [0.2, 0.25) is 5.91 Å². The summed E-state index contributed by atoms with van der Waals surface area (Å²) in [5.74, 6) is 0.199. The van der Waals surface area contributed by atoms with Crippen molar-refractivity contribution in [3.05, 3.63) is 58.9 Å². The van der Waals surface area contributed by atoms with Crippen LogP contribution in [0.5, 0.6) is 0 Å². The Morgan fingerprint density at radius 3 is 2.60 bits per heavy atom. The number of nitrogens with zero attached hydrogens (tertiary/aromatic N) is 3. The van der Waals surface area contributed by atoms with Crippen molar-refractivity contribution >= 4 is 23.5 Å². The molecule has 0 aliphatic carbocycles. The topological polar surface area (TPSA) is 57.6 Å². The van der Waals surface area contributed by atoms with E-state index >= 15 is 0 Å². The highest BCUT2D eigenvalue weighted by molar-refractivity contribution is 6.30. The van der Waals surface area contributed by atoms with Gasteiger partial charge in [0.05, 0.1) is 6.04 Å². The highest BCUT2D eigenvalue weighted by atomic mass is 35.5. The van der Waals surface area contributed by atoms with Gasteiger partial charge in [-0.25, -0.2) is 4.79 Å². The summed E-state index contributed by atoms with van der Waals surface area (Å²) >= 11 is 6.25. The van der Waals surface area contributed by atoms with Crippen LogP contribution in [0.2, 0.25) is 5.02 Å². The minimum atomic E-state index is -0.228. The number of nitrogens with one attached hydrogen (secondary N) is 1. The lowest BCUT2D eigenvalue weighted by Crippen LogP contribution is -2.51. The zero-order chi connectivity index (χ0) is 21.8. The summed E-state index contributed by atoms with van der Waals surface area (Å²) in [4.78, 5) is 29.6. The molecule has 0 saturated carbocycles. The summed E-state index contributed by atoms with van der Waals surface area (Å²) in [7, 11) is 0. The fraction of sp³-hybridized carbons (Fsp3) is 0.478. The molecule has 2 heterocycles. The molecule has 6 nitrogen and oxygen atoms in total. The predicted octanol–water partition coefficient (Wildman–Crippen LogP) is 4.15. The molecule has 30 heavy (non-hydrogen) atoms. The van der Waals surface area contributed by atoms with E-state index in [1.807, 2.05) is 75.2 Å². The Morgan fingerprint density at radius 2 is 1.93 bits per heavy atom. The van der Waals surface area contributed by atoms with Gasteiger partial charge in [-0.1, -0.05) is 37.6 Å². The highest BCUT2D eigenvalue weighted by Crippen LogP contribution is 2.33. The third-order valence-corrected chi connectivity index (χ3v) is 5.37. The van der Waals surface area contributed by atoms with E-state index < -0.39 is 0 Å². The molecule has 2 aromatic rings. The molecule has 0 radical (unpaired) electrons. The minimum Gasteiger partial charge on any atom is -0.348 e. The molecule has 162 valence electrons. The number of aromatic nitrogens is 1. The monoisotopic (exact) mass is 430 g/mol. The normalized spacial score (nSPS) is 16.0. The SMILES string of the molecule is CC(C)CN(CC(=O)N1CCn2cccc2[C@@H]1c1cccc(Cl)c1)C(=O)NC(C)C. The molecule has 3 rings (SSSR count). The van der Waals surface area contributed by atoms with Crippen LogP contribution in [0.4, 0.5) is 4.79 Å². The van der Waals surface area contributed by atoms with E-state index in [2.05, 4.69) is 9.88 Å². The van der Waals surface area contributed by atoms with Crippen LogP contribution in [-0.4, -0.2) is 52.0 Å². The highest BCUT2D eigenvalue weighted by Gasteiger charge is 2.33. The first-order valence-electron chi connectivity index (χ1n) is 10.5. The molecule has 1 atom stereocenters. The van der Waals surface area contributed by atoms with Crippen LogP contribution >= 0.6 is 11.6 Å². The quantitative estimate of drug-likeness (QED) is 0.748. The van der Waals surface area contributed by atoms with Gasteiger partial charge in [0.25, 0.3) is 0 Å². The third-order valence-electron chi connectivity index (χ3n) is 5.13. The van der Waals surface area contributed by atoms with Gasteiger partial charge in [-0.15, -0.1) is 0 Å². The molecule has 0 fully saturated rings. The number of urea groups is 1. The second-order valence-electron chi connectivity index (χ2n) is 8.55. The van der Waals surface area contributed by atoms with E-state index in [9.17, 15) is 9.59 Å². The maximum atomic E-state index is 13.4. The molecule has 1 aromatic carbocycles. The Hall–Kier alpha value is -2.47. The van der Waals surface area contributed by atoms with E-state index in [1.54, 1.807) is 4.90 Å². The average molecular weight is 431 g/mol. The van der Waals surface area contributed by atoms with E-state index in [0.29, 0.717) is 18.1 Å². The molecular weight excluding hydrogens is 400 g/mol. The molecule has 0 spiro atoms. The van der Waals surface area contributed by atoms with Crippen molar-refractivity contribution < 1.29 is 9.59 Å². The molecule has 3 amide bonds. The Labute approximate surface area is 183 Å². The first kappa shape index (κ1) is 22.2. The lowest BCUT2D eigenvalue weighted by Gasteiger charge is -2.38. The summed E-state index contributed by atoms with van der Waals surface area (Å²) in [6.07, 6.45) is 2.04. The zero-order valence-corrected chi connectivity index (χ0v) is 18.9. The number of carbonyl (C=O) groups excluding carboxylic acids is 2. The van der Waals surface area contributed by atoms with Gasteiger partial charge in [-0.2, -0.15) is 0 Å². The summed E-state index contributed by atoms with van der Waals surface area (Å²) in [6.45, 7) is 9.81. The van der Waals surface area contributed by atoms with Crippen LogP contribution in [0.3, 0.4) is 0 Å². The van der Waals surface area contributed by atoms with Crippen molar-refractivity contribution in [2.75, 3.05) is 19.6 Å². The molecule has 0 saturated heterocycles. The summed E-state index contributed by atoms with van der Waals surface area (Å²) < 4.78 is 2.17. The fourth-order valence-corrected chi connectivity index (χ4v) is 4.13. The van der Waals surface area contributed by atoms with E-state index in [0.717, 1.165) is 17.8 Å². The van der Waals surface area contributed by atoms with Crippen LogP contribution in [-0.2, 0) is 11.3 Å². The summed E-state index contributed by atoms with van der Waals surface area (Å²) in [5, 5.41) is 3.55. The molecule has 1 aliphatic heterocycles. The lowest BCUT2D eigenvalue weighted by atomic mass is 9.99. The van der Waals surface area contributed by atoms with E-state index in [-0.39, 0.29) is 36.5 Å². The molecule has 1 aliphatic rings. The number of rotatable bonds is 6. The van der Waals surface area contributed by atoms with Crippen LogP contribution in [0.25, 0.3) is 0 Å². The fourth-order valence-electron chi connectivity index (χ4n) is 3.93. The van der Waals surface area contributed by atoms with Crippen LogP contribution in [0.1, 0.15) is 45.0 Å². The molecule has 7 heteroatoms. The molecule has 0 bridgehead atoms.